The zero-order chi connectivity index (χ0) is 13.1. The predicted octanol–water partition coefficient (Wildman–Crippen LogP) is 3.13. The van der Waals surface area contributed by atoms with Crippen molar-refractivity contribution < 1.29 is 0 Å². The first-order valence-corrected chi connectivity index (χ1v) is 7.35. The second-order valence-electron chi connectivity index (χ2n) is 6.46. The Morgan fingerprint density at radius 1 is 1.24 bits per heavy atom. The molecular weight excluding hydrogens is 208 g/mol. The van der Waals surface area contributed by atoms with Crippen molar-refractivity contribution in [2.45, 2.75) is 65.0 Å². The van der Waals surface area contributed by atoms with Crippen LogP contribution in [0.5, 0.6) is 0 Å². The summed E-state index contributed by atoms with van der Waals surface area (Å²) < 4.78 is 0. The van der Waals surface area contributed by atoms with Crippen LogP contribution in [0.3, 0.4) is 0 Å². The molecular formula is C15H32N2. The van der Waals surface area contributed by atoms with Crippen LogP contribution in [0.15, 0.2) is 0 Å². The molecule has 1 fully saturated rings. The molecule has 102 valence electrons. The van der Waals surface area contributed by atoms with E-state index in [9.17, 15) is 0 Å². The maximum Gasteiger partial charge on any atom is 0.0359 e. The van der Waals surface area contributed by atoms with E-state index >= 15 is 0 Å². The van der Waals surface area contributed by atoms with Crippen LogP contribution in [0, 0.1) is 11.8 Å². The van der Waals surface area contributed by atoms with Gasteiger partial charge in [-0.25, -0.2) is 0 Å². The maximum absolute atomic E-state index is 3.75. The average Bonchev–Trinajstić information content (AvgIpc) is 2.27. The molecule has 0 aromatic rings. The first-order valence-electron chi connectivity index (χ1n) is 7.35. The lowest BCUT2D eigenvalue weighted by Crippen LogP contribution is -2.62. The van der Waals surface area contributed by atoms with E-state index in [4.69, 9.17) is 0 Å². The van der Waals surface area contributed by atoms with Gasteiger partial charge in [0.2, 0.25) is 0 Å². The fourth-order valence-corrected chi connectivity index (χ4v) is 3.56. The summed E-state index contributed by atoms with van der Waals surface area (Å²) in [6, 6.07) is 0.620. The molecule has 0 bridgehead atoms. The molecule has 1 N–H and O–H groups in total. The minimum absolute atomic E-state index is 0.372. The summed E-state index contributed by atoms with van der Waals surface area (Å²) in [5.74, 6) is 1.61. The van der Waals surface area contributed by atoms with Crippen LogP contribution >= 0.6 is 0 Å². The third kappa shape index (κ3) is 3.23. The van der Waals surface area contributed by atoms with Gasteiger partial charge in [-0.2, -0.15) is 0 Å². The first kappa shape index (κ1) is 15.0. The Labute approximate surface area is 108 Å². The molecule has 1 unspecified atom stereocenters. The third-order valence-electron chi connectivity index (χ3n) is 4.70. The van der Waals surface area contributed by atoms with Crippen LogP contribution in [-0.2, 0) is 0 Å². The van der Waals surface area contributed by atoms with E-state index < -0.39 is 0 Å². The van der Waals surface area contributed by atoms with Gasteiger partial charge in [0, 0.05) is 11.6 Å². The number of likely N-dealkylation sites (N-methyl/N-ethyl adjacent to an activating group) is 2. The van der Waals surface area contributed by atoms with Crippen LogP contribution in [0.25, 0.3) is 0 Å². The number of rotatable bonds is 5. The summed E-state index contributed by atoms with van der Waals surface area (Å²) in [7, 11) is 4.53. The quantitative estimate of drug-likeness (QED) is 0.794. The lowest BCUT2D eigenvalue weighted by molar-refractivity contribution is 0.0275. The molecule has 1 aliphatic rings. The third-order valence-corrected chi connectivity index (χ3v) is 4.70. The molecule has 2 nitrogen and oxygen atoms in total. The fourth-order valence-electron chi connectivity index (χ4n) is 3.56. The molecule has 2 heteroatoms. The van der Waals surface area contributed by atoms with Crippen molar-refractivity contribution >= 4 is 0 Å². The van der Waals surface area contributed by atoms with Crippen molar-refractivity contribution in [3.05, 3.63) is 0 Å². The van der Waals surface area contributed by atoms with E-state index in [-0.39, 0.29) is 0 Å². The van der Waals surface area contributed by atoms with Crippen molar-refractivity contribution in [3.8, 4) is 0 Å². The fraction of sp³-hybridized carbons (Fsp3) is 1.00. The van der Waals surface area contributed by atoms with E-state index in [1.165, 1.54) is 25.7 Å². The molecule has 1 aliphatic carbocycles. The van der Waals surface area contributed by atoms with Gasteiger partial charge in [-0.15, -0.1) is 0 Å². The van der Waals surface area contributed by atoms with E-state index in [1.807, 2.05) is 0 Å². The highest BCUT2D eigenvalue weighted by atomic mass is 15.2. The SMILES string of the molecule is CCNC(C(C)C)C1(N(C)C)CCC(C)CC1. The second-order valence-corrected chi connectivity index (χ2v) is 6.46. The van der Waals surface area contributed by atoms with Gasteiger partial charge in [0.15, 0.2) is 0 Å². The highest BCUT2D eigenvalue weighted by Gasteiger charge is 2.43. The topological polar surface area (TPSA) is 15.3 Å². The minimum Gasteiger partial charge on any atom is -0.312 e. The van der Waals surface area contributed by atoms with Crippen LogP contribution in [0.4, 0.5) is 0 Å². The Bertz CT molecular complexity index is 215. The van der Waals surface area contributed by atoms with Gasteiger partial charge >= 0.3 is 0 Å². The van der Waals surface area contributed by atoms with Gasteiger partial charge in [-0.1, -0.05) is 27.7 Å². The summed E-state index contributed by atoms with van der Waals surface area (Å²) in [5, 5.41) is 3.75. The number of hydrogen-bond donors (Lipinski definition) is 1. The zero-order valence-corrected chi connectivity index (χ0v) is 12.7. The largest absolute Gasteiger partial charge is 0.312 e. The molecule has 0 heterocycles. The Morgan fingerprint density at radius 2 is 1.76 bits per heavy atom. The Kier molecular flexibility index (Phi) is 5.46. The van der Waals surface area contributed by atoms with Crippen LogP contribution in [-0.4, -0.2) is 37.1 Å². The normalized spacial score (nSPS) is 32.1. The van der Waals surface area contributed by atoms with Crippen molar-refractivity contribution in [1.82, 2.24) is 10.2 Å². The molecule has 0 aromatic heterocycles. The summed E-state index contributed by atoms with van der Waals surface area (Å²) >= 11 is 0. The molecule has 1 rings (SSSR count). The standard InChI is InChI=1S/C15H32N2/c1-7-16-14(12(2)3)15(17(5)6)10-8-13(4)9-11-15/h12-14,16H,7-11H2,1-6H3. The van der Waals surface area contributed by atoms with E-state index in [2.05, 4.69) is 52.0 Å². The van der Waals surface area contributed by atoms with Gasteiger partial charge in [0.05, 0.1) is 0 Å². The van der Waals surface area contributed by atoms with Gasteiger partial charge in [-0.3, -0.25) is 0 Å². The summed E-state index contributed by atoms with van der Waals surface area (Å²) in [6.45, 7) is 10.4. The Morgan fingerprint density at radius 3 is 2.12 bits per heavy atom. The van der Waals surface area contributed by atoms with Crippen LogP contribution in [0.2, 0.25) is 0 Å². The van der Waals surface area contributed by atoms with Gasteiger partial charge in [0.25, 0.3) is 0 Å². The molecule has 0 saturated heterocycles. The molecule has 0 radical (unpaired) electrons. The molecule has 0 aromatic carbocycles. The average molecular weight is 240 g/mol. The zero-order valence-electron chi connectivity index (χ0n) is 12.7. The summed E-state index contributed by atoms with van der Waals surface area (Å²) in [6.07, 6.45) is 5.45. The summed E-state index contributed by atoms with van der Waals surface area (Å²) in [4.78, 5) is 2.49. The van der Waals surface area contributed by atoms with Gasteiger partial charge in [0.1, 0.15) is 0 Å². The summed E-state index contributed by atoms with van der Waals surface area (Å²) in [5.41, 5.74) is 0.372. The van der Waals surface area contributed by atoms with Crippen molar-refractivity contribution in [3.63, 3.8) is 0 Å². The smallest absolute Gasteiger partial charge is 0.0359 e. The lowest BCUT2D eigenvalue weighted by Gasteiger charge is -2.51. The molecule has 1 atom stereocenters. The highest BCUT2D eigenvalue weighted by molar-refractivity contribution is 5.02. The Hall–Kier alpha value is -0.0800. The molecule has 0 amide bonds. The highest BCUT2D eigenvalue weighted by Crippen LogP contribution is 2.39. The first-order chi connectivity index (χ1) is 7.94. The second kappa shape index (κ2) is 6.19. The Balaban J connectivity index is 2.88. The van der Waals surface area contributed by atoms with E-state index in [1.54, 1.807) is 0 Å². The van der Waals surface area contributed by atoms with Crippen LogP contribution in [0.1, 0.15) is 53.4 Å². The van der Waals surface area contributed by atoms with E-state index in [0.717, 1.165) is 12.5 Å². The van der Waals surface area contributed by atoms with Gasteiger partial charge in [-0.05, 0) is 58.2 Å². The minimum atomic E-state index is 0.372. The number of nitrogens with one attached hydrogen (secondary N) is 1. The van der Waals surface area contributed by atoms with E-state index in [0.29, 0.717) is 17.5 Å². The van der Waals surface area contributed by atoms with Crippen molar-refractivity contribution in [2.75, 3.05) is 20.6 Å². The molecule has 1 saturated carbocycles. The van der Waals surface area contributed by atoms with Gasteiger partial charge < -0.3 is 10.2 Å². The number of nitrogens with zero attached hydrogens (tertiary/aromatic N) is 1. The molecule has 0 spiro atoms. The lowest BCUT2D eigenvalue weighted by atomic mass is 9.69. The van der Waals surface area contributed by atoms with Crippen LogP contribution < -0.4 is 5.32 Å². The van der Waals surface area contributed by atoms with Crippen molar-refractivity contribution in [2.24, 2.45) is 11.8 Å². The molecule has 17 heavy (non-hydrogen) atoms. The van der Waals surface area contributed by atoms with Crippen molar-refractivity contribution in [1.29, 1.82) is 0 Å². The predicted molar refractivity (Wildman–Crippen MR) is 76.4 cm³/mol. The number of hydrogen-bond acceptors (Lipinski definition) is 2. The maximum atomic E-state index is 3.75. The monoisotopic (exact) mass is 240 g/mol. The molecule has 0 aliphatic heterocycles.